The molecule has 1 N–H and O–H groups in total. The highest BCUT2D eigenvalue weighted by Gasteiger charge is 2.14. The molecule has 4 nitrogen and oxygen atoms in total. The van der Waals surface area contributed by atoms with Gasteiger partial charge in [-0.15, -0.1) is 6.42 Å². The smallest absolute Gasteiger partial charge is 0.149 e. The number of nitrogens with zero attached hydrogens (tertiary/aromatic N) is 3. The number of allylic oxidation sites excluding steroid dienone is 1. The van der Waals surface area contributed by atoms with Gasteiger partial charge in [0.2, 0.25) is 0 Å². The van der Waals surface area contributed by atoms with E-state index in [-0.39, 0.29) is 0 Å². The lowest BCUT2D eigenvalue weighted by Crippen LogP contribution is -1.97. The first kappa shape index (κ1) is 15.7. The Labute approximate surface area is 151 Å². The number of benzene rings is 2. The molecule has 26 heavy (non-hydrogen) atoms. The van der Waals surface area contributed by atoms with Gasteiger partial charge >= 0.3 is 0 Å². The van der Waals surface area contributed by atoms with Gasteiger partial charge in [0.25, 0.3) is 0 Å². The standard InChI is InChI=1S/C22H16N4/c1-3-12-26-15(2)18(17-8-4-7-11-21(17)26)13-16(14-23)22-24-19-9-5-6-10-20(19)25-22/h1,4-11,13H,12H2,2H3,(H,24,25). The normalized spacial score (nSPS) is 11.6. The predicted octanol–water partition coefficient (Wildman–Crippen LogP) is 4.52. The maximum Gasteiger partial charge on any atom is 0.149 e. The number of fused-ring (bicyclic) bond motifs is 2. The molecule has 4 heteroatoms. The Balaban J connectivity index is 1.93. The van der Waals surface area contributed by atoms with Gasteiger partial charge in [-0.1, -0.05) is 36.3 Å². The van der Waals surface area contributed by atoms with Crippen LogP contribution in [0.4, 0.5) is 0 Å². The van der Waals surface area contributed by atoms with Crippen molar-refractivity contribution in [2.75, 3.05) is 0 Å². The lowest BCUT2D eigenvalue weighted by molar-refractivity contribution is 0.846. The fourth-order valence-electron chi connectivity index (χ4n) is 3.31. The Bertz CT molecular complexity index is 1210. The van der Waals surface area contributed by atoms with Gasteiger partial charge in [0, 0.05) is 22.2 Å². The van der Waals surface area contributed by atoms with Crippen LogP contribution >= 0.6 is 0 Å². The fraction of sp³-hybridized carbons (Fsp3) is 0.0909. The van der Waals surface area contributed by atoms with Gasteiger partial charge in [-0.25, -0.2) is 4.98 Å². The molecule has 0 aliphatic heterocycles. The lowest BCUT2D eigenvalue weighted by atomic mass is 10.1. The number of nitriles is 1. The van der Waals surface area contributed by atoms with Crippen molar-refractivity contribution in [2.45, 2.75) is 13.5 Å². The second kappa shape index (κ2) is 6.27. The second-order valence-corrected chi connectivity index (χ2v) is 6.08. The summed E-state index contributed by atoms with van der Waals surface area (Å²) in [6.07, 6.45) is 7.43. The molecular formula is C22H16N4. The zero-order valence-electron chi connectivity index (χ0n) is 14.3. The Hall–Kier alpha value is -3.76. The van der Waals surface area contributed by atoms with Crippen molar-refractivity contribution in [3.05, 3.63) is 65.6 Å². The number of aromatic amines is 1. The van der Waals surface area contributed by atoms with Crippen molar-refractivity contribution in [1.29, 1.82) is 5.26 Å². The van der Waals surface area contributed by atoms with E-state index in [1.54, 1.807) is 0 Å². The summed E-state index contributed by atoms with van der Waals surface area (Å²) in [4.78, 5) is 7.77. The van der Waals surface area contributed by atoms with Crippen molar-refractivity contribution >= 4 is 33.6 Å². The molecule has 0 fully saturated rings. The topological polar surface area (TPSA) is 57.4 Å². The first-order valence-electron chi connectivity index (χ1n) is 8.31. The van der Waals surface area contributed by atoms with E-state index in [4.69, 9.17) is 6.42 Å². The number of hydrogen-bond donors (Lipinski definition) is 1. The highest BCUT2D eigenvalue weighted by atomic mass is 15.0. The summed E-state index contributed by atoms with van der Waals surface area (Å²) in [6, 6.07) is 18.1. The molecule has 0 amide bonds. The van der Waals surface area contributed by atoms with E-state index in [0.717, 1.165) is 33.2 Å². The van der Waals surface area contributed by atoms with Crippen LogP contribution in [0.5, 0.6) is 0 Å². The number of H-pyrrole nitrogens is 1. The van der Waals surface area contributed by atoms with Crippen molar-refractivity contribution in [2.24, 2.45) is 0 Å². The summed E-state index contributed by atoms with van der Waals surface area (Å²) in [5.41, 5.74) is 5.34. The molecule has 0 spiro atoms. The molecule has 4 rings (SSSR count). The highest BCUT2D eigenvalue weighted by Crippen LogP contribution is 2.29. The largest absolute Gasteiger partial charge is 0.337 e. The van der Waals surface area contributed by atoms with E-state index in [1.807, 2.05) is 55.5 Å². The molecular weight excluding hydrogens is 320 g/mol. The van der Waals surface area contributed by atoms with Gasteiger partial charge in [-0.05, 0) is 31.2 Å². The molecule has 2 aromatic carbocycles. The van der Waals surface area contributed by atoms with Crippen LogP contribution in [0, 0.1) is 30.6 Å². The quantitative estimate of drug-likeness (QED) is 0.441. The number of nitrogens with one attached hydrogen (secondary N) is 1. The molecule has 0 bridgehead atoms. The summed E-state index contributed by atoms with van der Waals surface area (Å²) in [5, 5.41) is 10.8. The van der Waals surface area contributed by atoms with Crippen LogP contribution in [0.3, 0.4) is 0 Å². The van der Waals surface area contributed by atoms with Crippen LogP contribution in [0.1, 0.15) is 17.1 Å². The maximum absolute atomic E-state index is 9.72. The van der Waals surface area contributed by atoms with Gasteiger partial charge in [-0.3, -0.25) is 0 Å². The average molecular weight is 336 g/mol. The maximum atomic E-state index is 9.72. The minimum absolute atomic E-state index is 0.493. The van der Waals surface area contributed by atoms with E-state index in [2.05, 4.69) is 32.6 Å². The van der Waals surface area contributed by atoms with Gasteiger partial charge in [-0.2, -0.15) is 5.26 Å². The van der Waals surface area contributed by atoms with Crippen LogP contribution in [-0.2, 0) is 6.54 Å². The number of hydrogen-bond acceptors (Lipinski definition) is 2. The van der Waals surface area contributed by atoms with E-state index < -0.39 is 0 Å². The van der Waals surface area contributed by atoms with E-state index in [9.17, 15) is 5.26 Å². The molecule has 0 radical (unpaired) electrons. The molecule has 0 aliphatic rings. The van der Waals surface area contributed by atoms with Gasteiger partial charge in [0.15, 0.2) is 0 Å². The Morgan fingerprint density at radius 3 is 2.77 bits per heavy atom. The van der Waals surface area contributed by atoms with E-state index in [0.29, 0.717) is 17.9 Å². The summed E-state index contributed by atoms with van der Waals surface area (Å²) in [5.74, 6) is 3.28. The molecule has 4 aromatic rings. The third kappa shape index (κ3) is 2.46. The molecule has 0 unspecified atom stereocenters. The van der Waals surface area contributed by atoms with Crippen molar-refractivity contribution in [3.8, 4) is 18.4 Å². The van der Waals surface area contributed by atoms with Crippen LogP contribution in [0.25, 0.3) is 33.6 Å². The van der Waals surface area contributed by atoms with Crippen LogP contribution in [0.2, 0.25) is 0 Å². The Kier molecular flexibility index (Phi) is 3.80. The van der Waals surface area contributed by atoms with Crippen molar-refractivity contribution in [3.63, 3.8) is 0 Å². The van der Waals surface area contributed by atoms with E-state index in [1.165, 1.54) is 0 Å². The molecule has 0 atom stereocenters. The monoisotopic (exact) mass is 336 g/mol. The molecule has 2 aromatic heterocycles. The van der Waals surface area contributed by atoms with E-state index >= 15 is 0 Å². The predicted molar refractivity (Wildman–Crippen MR) is 105 cm³/mol. The molecule has 0 saturated carbocycles. The Morgan fingerprint density at radius 2 is 2.00 bits per heavy atom. The summed E-state index contributed by atoms with van der Waals surface area (Å²) in [6.45, 7) is 2.52. The van der Waals surface area contributed by atoms with Gasteiger partial charge in [0.05, 0.1) is 23.2 Å². The number of imidazole rings is 1. The summed E-state index contributed by atoms with van der Waals surface area (Å²) < 4.78 is 2.09. The number of terminal acetylenes is 1. The van der Waals surface area contributed by atoms with Crippen LogP contribution in [-0.4, -0.2) is 14.5 Å². The SMILES string of the molecule is C#CCn1c(C)c(C=C(C#N)c2nc3ccccc3[nH]2)c2ccccc21. The van der Waals surface area contributed by atoms with Gasteiger partial charge < -0.3 is 9.55 Å². The minimum atomic E-state index is 0.493. The number of aromatic nitrogens is 3. The van der Waals surface area contributed by atoms with Gasteiger partial charge in [0.1, 0.15) is 11.9 Å². The average Bonchev–Trinajstić information content (AvgIpc) is 3.20. The molecule has 0 saturated heterocycles. The third-order valence-corrected chi connectivity index (χ3v) is 4.58. The van der Waals surface area contributed by atoms with Crippen molar-refractivity contribution in [1.82, 2.24) is 14.5 Å². The van der Waals surface area contributed by atoms with Crippen LogP contribution in [0.15, 0.2) is 48.5 Å². The fourth-order valence-corrected chi connectivity index (χ4v) is 3.31. The molecule has 124 valence electrons. The van der Waals surface area contributed by atoms with Crippen LogP contribution < -0.4 is 0 Å². The van der Waals surface area contributed by atoms with Crippen molar-refractivity contribution < 1.29 is 0 Å². The first-order valence-corrected chi connectivity index (χ1v) is 8.31. The minimum Gasteiger partial charge on any atom is -0.337 e. The second-order valence-electron chi connectivity index (χ2n) is 6.08. The number of rotatable bonds is 3. The molecule has 2 heterocycles. The Morgan fingerprint density at radius 1 is 1.23 bits per heavy atom. The highest BCUT2D eigenvalue weighted by molar-refractivity contribution is 5.99. The lowest BCUT2D eigenvalue weighted by Gasteiger charge is -2.03. The summed E-state index contributed by atoms with van der Waals surface area (Å²) >= 11 is 0. The zero-order valence-corrected chi connectivity index (χ0v) is 14.3. The zero-order chi connectivity index (χ0) is 18.1. The first-order chi connectivity index (χ1) is 12.7. The molecule has 0 aliphatic carbocycles. The summed E-state index contributed by atoms with van der Waals surface area (Å²) in [7, 11) is 0. The number of para-hydroxylation sites is 3. The third-order valence-electron chi connectivity index (χ3n) is 4.58.